The maximum atomic E-state index is 4.15. The van der Waals surface area contributed by atoms with Crippen LogP contribution in [0, 0.1) is 5.92 Å². The molecule has 1 N–H and O–H groups in total. The molecule has 116 valence electrons. The van der Waals surface area contributed by atoms with Gasteiger partial charge in [0.25, 0.3) is 0 Å². The lowest BCUT2D eigenvalue weighted by Crippen LogP contribution is -2.64. The molecule has 2 atom stereocenters. The second-order valence-electron chi connectivity index (χ2n) is 7.04. The predicted octanol–water partition coefficient (Wildman–Crippen LogP) is 3.21. The molecule has 0 aromatic carbocycles. The maximum absolute atomic E-state index is 4.15. The zero-order valence-corrected chi connectivity index (χ0v) is 13.5. The molecule has 0 bridgehead atoms. The molecule has 3 rings (SSSR count). The molecular weight excluding hydrogens is 258 g/mol. The summed E-state index contributed by atoms with van der Waals surface area (Å²) in [5.41, 5.74) is 1.81. The van der Waals surface area contributed by atoms with Crippen molar-refractivity contribution in [2.75, 3.05) is 13.1 Å². The van der Waals surface area contributed by atoms with Crippen LogP contribution >= 0.6 is 0 Å². The fraction of sp³-hybridized carbons (Fsp3) is 0.722. The van der Waals surface area contributed by atoms with Crippen LogP contribution in [-0.4, -0.2) is 34.6 Å². The zero-order valence-electron chi connectivity index (χ0n) is 13.5. The fourth-order valence-electron chi connectivity index (χ4n) is 4.06. The topological polar surface area (TPSA) is 28.2 Å². The van der Waals surface area contributed by atoms with Crippen LogP contribution in [0.4, 0.5) is 0 Å². The van der Waals surface area contributed by atoms with Gasteiger partial charge in [0, 0.05) is 43.6 Å². The molecule has 2 aliphatic rings. The van der Waals surface area contributed by atoms with E-state index in [9.17, 15) is 0 Å². The normalized spacial score (nSPS) is 27.0. The highest BCUT2D eigenvalue weighted by molar-refractivity contribution is 5.12. The summed E-state index contributed by atoms with van der Waals surface area (Å²) in [4.78, 5) is 6.93. The summed E-state index contributed by atoms with van der Waals surface area (Å²) in [6, 6.07) is 4.98. The molecule has 1 aliphatic carbocycles. The third-order valence-electron chi connectivity index (χ3n) is 5.77. The predicted molar refractivity (Wildman–Crippen MR) is 87.1 cm³/mol. The van der Waals surface area contributed by atoms with Gasteiger partial charge in [-0.15, -0.1) is 0 Å². The number of aromatic nitrogens is 1. The molecule has 1 aromatic heterocycles. The summed E-state index contributed by atoms with van der Waals surface area (Å²) < 4.78 is 0. The van der Waals surface area contributed by atoms with Gasteiger partial charge in [-0.3, -0.25) is 9.88 Å². The quantitative estimate of drug-likeness (QED) is 0.921. The van der Waals surface area contributed by atoms with E-state index in [1.807, 2.05) is 12.4 Å². The van der Waals surface area contributed by atoms with Crippen LogP contribution < -0.4 is 5.32 Å². The summed E-state index contributed by atoms with van der Waals surface area (Å²) in [6.07, 6.45) is 10.6. The average Bonchev–Trinajstić information content (AvgIpc) is 2.99. The lowest BCUT2D eigenvalue weighted by Gasteiger charge is -2.49. The minimum absolute atomic E-state index is 0.410. The Labute approximate surface area is 129 Å². The van der Waals surface area contributed by atoms with Gasteiger partial charge in [-0.2, -0.15) is 0 Å². The van der Waals surface area contributed by atoms with E-state index in [0.29, 0.717) is 11.6 Å². The summed E-state index contributed by atoms with van der Waals surface area (Å²) in [6.45, 7) is 8.13. The molecular formula is C18H29N3. The van der Waals surface area contributed by atoms with Gasteiger partial charge < -0.3 is 5.32 Å². The number of rotatable bonds is 4. The first-order valence-electron chi connectivity index (χ1n) is 8.61. The van der Waals surface area contributed by atoms with Gasteiger partial charge in [0.1, 0.15) is 0 Å². The monoisotopic (exact) mass is 287 g/mol. The van der Waals surface area contributed by atoms with Crippen LogP contribution in [0.5, 0.6) is 0 Å². The number of pyridine rings is 1. The highest BCUT2D eigenvalue weighted by atomic mass is 15.3. The third-order valence-corrected chi connectivity index (χ3v) is 5.77. The van der Waals surface area contributed by atoms with Gasteiger partial charge in [-0.1, -0.05) is 33.1 Å². The largest absolute Gasteiger partial charge is 0.311 e. The first-order valence-corrected chi connectivity index (χ1v) is 8.61. The molecule has 1 saturated carbocycles. The molecule has 1 saturated heterocycles. The van der Waals surface area contributed by atoms with Crippen molar-refractivity contribution in [2.45, 2.75) is 64.1 Å². The maximum Gasteiger partial charge on any atom is 0.0338 e. The standard InChI is InChI=1S/C18H29N3/c1-3-15(2)17-13-21(12-16-6-10-19-11-7-16)18(14-20-17)8-4-5-9-18/h6-7,10-11,15,17,20H,3-5,8-9,12-14H2,1-2H3. The van der Waals surface area contributed by atoms with Crippen molar-refractivity contribution in [1.29, 1.82) is 0 Å². The van der Waals surface area contributed by atoms with E-state index in [2.05, 4.69) is 41.2 Å². The van der Waals surface area contributed by atoms with E-state index < -0.39 is 0 Å². The Hall–Kier alpha value is -0.930. The molecule has 3 nitrogen and oxygen atoms in total. The number of piperazine rings is 1. The van der Waals surface area contributed by atoms with Crippen LogP contribution in [0.3, 0.4) is 0 Å². The number of nitrogens with one attached hydrogen (secondary N) is 1. The molecule has 0 amide bonds. The Balaban J connectivity index is 1.76. The Morgan fingerprint density at radius 2 is 2.05 bits per heavy atom. The van der Waals surface area contributed by atoms with Gasteiger partial charge >= 0.3 is 0 Å². The average molecular weight is 287 g/mol. The second kappa shape index (κ2) is 6.45. The Morgan fingerprint density at radius 1 is 1.33 bits per heavy atom. The van der Waals surface area contributed by atoms with Crippen LogP contribution in [0.15, 0.2) is 24.5 Å². The Bertz CT molecular complexity index is 439. The molecule has 2 fully saturated rings. The van der Waals surface area contributed by atoms with E-state index in [0.717, 1.165) is 12.5 Å². The van der Waals surface area contributed by atoms with Crippen molar-refractivity contribution in [3.8, 4) is 0 Å². The summed E-state index contributed by atoms with van der Waals surface area (Å²) in [5, 5.41) is 3.86. The highest BCUT2D eigenvalue weighted by Crippen LogP contribution is 2.38. The minimum Gasteiger partial charge on any atom is -0.311 e. The van der Waals surface area contributed by atoms with Crippen molar-refractivity contribution in [3.05, 3.63) is 30.1 Å². The van der Waals surface area contributed by atoms with Crippen molar-refractivity contribution < 1.29 is 0 Å². The molecule has 0 radical (unpaired) electrons. The highest BCUT2D eigenvalue weighted by Gasteiger charge is 2.43. The van der Waals surface area contributed by atoms with Crippen molar-refractivity contribution in [2.24, 2.45) is 5.92 Å². The second-order valence-corrected chi connectivity index (χ2v) is 7.04. The van der Waals surface area contributed by atoms with Crippen LogP contribution in [0.2, 0.25) is 0 Å². The molecule has 2 heterocycles. The van der Waals surface area contributed by atoms with Gasteiger partial charge in [0.2, 0.25) is 0 Å². The lowest BCUT2D eigenvalue weighted by molar-refractivity contribution is 0.0239. The molecule has 1 spiro atoms. The molecule has 1 aliphatic heterocycles. The van der Waals surface area contributed by atoms with Crippen LogP contribution in [-0.2, 0) is 6.54 Å². The first kappa shape index (κ1) is 15.0. The number of nitrogens with zero attached hydrogens (tertiary/aromatic N) is 2. The summed E-state index contributed by atoms with van der Waals surface area (Å²) in [5.74, 6) is 0.753. The molecule has 3 heteroatoms. The zero-order chi connectivity index (χ0) is 14.7. The SMILES string of the molecule is CCC(C)C1CN(Cc2ccncc2)C2(CCCC2)CN1. The van der Waals surface area contributed by atoms with Crippen molar-refractivity contribution >= 4 is 0 Å². The van der Waals surface area contributed by atoms with E-state index >= 15 is 0 Å². The van der Waals surface area contributed by atoms with E-state index in [1.54, 1.807) is 0 Å². The smallest absolute Gasteiger partial charge is 0.0338 e. The van der Waals surface area contributed by atoms with Gasteiger partial charge in [-0.05, 0) is 36.5 Å². The fourth-order valence-corrected chi connectivity index (χ4v) is 4.06. The molecule has 1 aromatic rings. The summed E-state index contributed by atoms with van der Waals surface area (Å²) in [7, 11) is 0. The Morgan fingerprint density at radius 3 is 2.71 bits per heavy atom. The van der Waals surface area contributed by atoms with E-state index in [-0.39, 0.29) is 0 Å². The number of hydrogen-bond donors (Lipinski definition) is 1. The first-order chi connectivity index (χ1) is 10.2. The van der Waals surface area contributed by atoms with Crippen molar-refractivity contribution in [1.82, 2.24) is 15.2 Å². The van der Waals surface area contributed by atoms with Gasteiger partial charge in [-0.25, -0.2) is 0 Å². The molecule has 2 unspecified atom stereocenters. The summed E-state index contributed by atoms with van der Waals surface area (Å²) >= 11 is 0. The van der Waals surface area contributed by atoms with Crippen LogP contribution in [0.25, 0.3) is 0 Å². The molecule has 21 heavy (non-hydrogen) atoms. The minimum atomic E-state index is 0.410. The Kier molecular flexibility index (Phi) is 4.60. The lowest BCUT2D eigenvalue weighted by atomic mass is 9.87. The van der Waals surface area contributed by atoms with E-state index in [4.69, 9.17) is 0 Å². The van der Waals surface area contributed by atoms with E-state index in [1.165, 1.54) is 50.8 Å². The van der Waals surface area contributed by atoms with Crippen molar-refractivity contribution in [3.63, 3.8) is 0 Å². The third kappa shape index (κ3) is 3.14. The number of hydrogen-bond acceptors (Lipinski definition) is 3. The van der Waals surface area contributed by atoms with Crippen LogP contribution in [0.1, 0.15) is 51.5 Å². The van der Waals surface area contributed by atoms with Gasteiger partial charge in [0.15, 0.2) is 0 Å². The van der Waals surface area contributed by atoms with Gasteiger partial charge in [0.05, 0.1) is 0 Å².